The summed E-state index contributed by atoms with van der Waals surface area (Å²) in [7, 11) is 1.78. The van der Waals surface area contributed by atoms with Crippen molar-refractivity contribution in [3.8, 4) is 0 Å². The summed E-state index contributed by atoms with van der Waals surface area (Å²) >= 11 is 9.63. The van der Waals surface area contributed by atoms with Gasteiger partial charge in [-0.25, -0.2) is 4.39 Å². The molecule has 2 rings (SSSR count). The summed E-state index contributed by atoms with van der Waals surface area (Å²) in [6.45, 7) is 1.88. The minimum Gasteiger partial charge on any atom is -0.271 e. The Morgan fingerprint density at radius 1 is 1.55 bits per heavy atom. The van der Waals surface area contributed by atoms with Crippen molar-refractivity contribution in [3.05, 3.63) is 50.5 Å². The van der Waals surface area contributed by atoms with E-state index in [1.54, 1.807) is 17.8 Å². The van der Waals surface area contributed by atoms with Gasteiger partial charge in [0.2, 0.25) is 0 Å². The molecule has 0 saturated carbocycles. The van der Waals surface area contributed by atoms with Crippen LogP contribution in [-0.2, 0) is 13.5 Å². The van der Waals surface area contributed by atoms with Crippen molar-refractivity contribution >= 4 is 27.5 Å². The Balaban J connectivity index is 2.36. The number of nitrogens with one attached hydrogen (secondary N) is 1. The number of hydrazine groups is 1. The highest BCUT2D eigenvalue weighted by molar-refractivity contribution is 9.10. The molecule has 0 aliphatic carbocycles. The van der Waals surface area contributed by atoms with E-state index < -0.39 is 0 Å². The normalized spacial score (nSPS) is 12.7. The first kappa shape index (κ1) is 15.4. The maximum atomic E-state index is 13.4. The number of rotatable bonds is 4. The zero-order valence-electron chi connectivity index (χ0n) is 11.1. The molecule has 0 saturated heterocycles. The molecule has 0 fully saturated rings. The largest absolute Gasteiger partial charge is 0.271 e. The summed E-state index contributed by atoms with van der Waals surface area (Å²) < 4.78 is 15.8. The van der Waals surface area contributed by atoms with Crippen LogP contribution in [-0.4, -0.2) is 9.78 Å². The van der Waals surface area contributed by atoms with E-state index >= 15 is 0 Å². The first-order chi connectivity index (χ1) is 9.43. The number of hydrogen-bond acceptors (Lipinski definition) is 3. The Morgan fingerprint density at radius 3 is 2.80 bits per heavy atom. The molecule has 1 atom stereocenters. The third-order valence-corrected chi connectivity index (χ3v) is 4.41. The second-order valence-corrected chi connectivity index (χ2v) is 5.78. The van der Waals surface area contributed by atoms with Gasteiger partial charge in [-0.05, 0) is 37.1 Å². The van der Waals surface area contributed by atoms with Gasteiger partial charge >= 0.3 is 0 Å². The van der Waals surface area contributed by atoms with Crippen LogP contribution in [0.2, 0.25) is 5.15 Å². The van der Waals surface area contributed by atoms with Gasteiger partial charge in [-0.2, -0.15) is 5.10 Å². The third kappa shape index (κ3) is 3.03. The van der Waals surface area contributed by atoms with Crippen molar-refractivity contribution in [3.63, 3.8) is 0 Å². The predicted molar refractivity (Wildman–Crippen MR) is 80.8 cm³/mol. The van der Waals surface area contributed by atoms with Gasteiger partial charge in [0, 0.05) is 17.1 Å². The lowest BCUT2D eigenvalue weighted by Gasteiger charge is -2.18. The zero-order valence-corrected chi connectivity index (χ0v) is 13.5. The molecule has 0 amide bonds. The fraction of sp³-hybridized carbons (Fsp3) is 0.308. The van der Waals surface area contributed by atoms with Crippen LogP contribution in [0.1, 0.15) is 22.9 Å². The first-order valence-electron chi connectivity index (χ1n) is 6.03. The molecular formula is C13H15BrClFN4. The van der Waals surface area contributed by atoms with Gasteiger partial charge in [0.05, 0.1) is 11.7 Å². The third-order valence-electron chi connectivity index (χ3n) is 3.21. The van der Waals surface area contributed by atoms with Crippen LogP contribution in [0, 0.1) is 12.7 Å². The van der Waals surface area contributed by atoms with Crippen molar-refractivity contribution in [2.24, 2.45) is 12.9 Å². The molecule has 0 aliphatic rings. The molecule has 0 radical (unpaired) electrons. The lowest BCUT2D eigenvalue weighted by molar-refractivity contribution is 0.541. The van der Waals surface area contributed by atoms with Crippen LogP contribution < -0.4 is 11.3 Å². The Hall–Kier alpha value is -0.950. The second kappa shape index (κ2) is 6.22. The van der Waals surface area contributed by atoms with Gasteiger partial charge in [-0.3, -0.25) is 16.0 Å². The van der Waals surface area contributed by atoms with Crippen molar-refractivity contribution < 1.29 is 4.39 Å². The van der Waals surface area contributed by atoms with Gasteiger partial charge in [0.1, 0.15) is 11.0 Å². The van der Waals surface area contributed by atoms with Gasteiger partial charge in [0.15, 0.2) is 0 Å². The fourth-order valence-electron chi connectivity index (χ4n) is 2.15. The highest BCUT2D eigenvalue weighted by atomic mass is 79.9. The van der Waals surface area contributed by atoms with E-state index in [2.05, 4.69) is 26.5 Å². The molecule has 108 valence electrons. The molecule has 3 N–H and O–H groups in total. The molecular weight excluding hydrogens is 347 g/mol. The number of halogens is 3. The van der Waals surface area contributed by atoms with E-state index in [1.165, 1.54) is 12.1 Å². The average Bonchev–Trinajstić information content (AvgIpc) is 2.65. The maximum absolute atomic E-state index is 13.4. The van der Waals surface area contributed by atoms with E-state index in [1.807, 2.05) is 6.92 Å². The van der Waals surface area contributed by atoms with Crippen molar-refractivity contribution in [2.75, 3.05) is 0 Å². The van der Waals surface area contributed by atoms with Crippen LogP contribution in [0.4, 0.5) is 4.39 Å². The Kier molecular flexibility index (Phi) is 4.80. The summed E-state index contributed by atoms with van der Waals surface area (Å²) in [6, 6.07) is 4.24. The summed E-state index contributed by atoms with van der Waals surface area (Å²) in [5.41, 5.74) is 5.18. The van der Waals surface area contributed by atoms with Gasteiger partial charge < -0.3 is 0 Å². The van der Waals surface area contributed by atoms with Crippen LogP contribution in [0.25, 0.3) is 0 Å². The molecule has 0 spiro atoms. The van der Waals surface area contributed by atoms with E-state index in [9.17, 15) is 4.39 Å². The molecule has 1 aromatic carbocycles. The lowest BCUT2D eigenvalue weighted by Crippen LogP contribution is -2.30. The molecule has 1 heterocycles. The van der Waals surface area contributed by atoms with Crippen molar-refractivity contribution in [1.82, 2.24) is 15.2 Å². The number of aromatic nitrogens is 2. The van der Waals surface area contributed by atoms with Crippen molar-refractivity contribution in [1.29, 1.82) is 0 Å². The number of benzene rings is 1. The fourth-order valence-corrected chi connectivity index (χ4v) is 2.92. The topological polar surface area (TPSA) is 55.9 Å². The monoisotopic (exact) mass is 360 g/mol. The quantitative estimate of drug-likeness (QED) is 0.650. The Morgan fingerprint density at radius 2 is 2.25 bits per heavy atom. The molecule has 0 bridgehead atoms. The highest BCUT2D eigenvalue weighted by Crippen LogP contribution is 2.29. The van der Waals surface area contributed by atoms with Crippen LogP contribution in [0.15, 0.2) is 22.7 Å². The minimum absolute atomic E-state index is 0.263. The molecule has 1 unspecified atom stereocenters. The SMILES string of the molecule is Cc1nn(C)c(Cl)c1CC(NN)c1cc(F)ccc1Br. The number of nitrogens with two attached hydrogens (primary N) is 1. The standard InChI is InChI=1S/C13H15BrClFN4/c1-7-9(13(15)20(2)19-7)6-12(18-17)10-5-8(16)3-4-11(10)14/h3-5,12,18H,6,17H2,1-2H3. The summed E-state index contributed by atoms with van der Waals surface area (Å²) in [6.07, 6.45) is 0.525. The maximum Gasteiger partial charge on any atom is 0.130 e. The van der Waals surface area contributed by atoms with Crippen LogP contribution >= 0.6 is 27.5 Å². The molecule has 7 heteroatoms. The predicted octanol–water partition coefficient (Wildman–Crippen LogP) is 3.03. The van der Waals surface area contributed by atoms with E-state index in [4.69, 9.17) is 17.4 Å². The lowest BCUT2D eigenvalue weighted by atomic mass is 10.00. The van der Waals surface area contributed by atoms with Crippen LogP contribution in [0.5, 0.6) is 0 Å². The number of nitrogens with zero attached hydrogens (tertiary/aromatic N) is 2. The minimum atomic E-state index is -0.308. The van der Waals surface area contributed by atoms with E-state index in [-0.39, 0.29) is 11.9 Å². The number of hydrogen-bond donors (Lipinski definition) is 2. The zero-order chi connectivity index (χ0) is 14.9. The van der Waals surface area contributed by atoms with Gasteiger partial charge in [-0.1, -0.05) is 27.5 Å². The molecule has 0 aliphatic heterocycles. The molecule has 20 heavy (non-hydrogen) atoms. The summed E-state index contributed by atoms with van der Waals surface area (Å²) in [5.74, 6) is 5.31. The second-order valence-electron chi connectivity index (χ2n) is 4.57. The molecule has 2 aromatic rings. The van der Waals surface area contributed by atoms with Crippen LogP contribution in [0.3, 0.4) is 0 Å². The smallest absolute Gasteiger partial charge is 0.130 e. The molecule has 4 nitrogen and oxygen atoms in total. The summed E-state index contributed by atoms with van der Waals surface area (Å²) in [4.78, 5) is 0. The Bertz CT molecular complexity index is 629. The summed E-state index contributed by atoms with van der Waals surface area (Å²) in [5, 5.41) is 4.83. The molecule has 1 aromatic heterocycles. The highest BCUT2D eigenvalue weighted by Gasteiger charge is 2.20. The van der Waals surface area contributed by atoms with Crippen molar-refractivity contribution in [2.45, 2.75) is 19.4 Å². The van der Waals surface area contributed by atoms with Gasteiger partial charge in [-0.15, -0.1) is 0 Å². The first-order valence-corrected chi connectivity index (χ1v) is 7.20. The number of aryl methyl sites for hydroxylation is 2. The average molecular weight is 362 g/mol. The van der Waals surface area contributed by atoms with Gasteiger partial charge in [0.25, 0.3) is 0 Å². The Labute approximate surface area is 130 Å². The van der Waals surface area contributed by atoms with E-state index in [0.29, 0.717) is 11.6 Å². The van der Waals surface area contributed by atoms with E-state index in [0.717, 1.165) is 21.3 Å².